The van der Waals surface area contributed by atoms with Crippen LogP contribution in [0, 0.1) is 6.92 Å². The van der Waals surface area contributed by atoms with Crippen LogP contribution in [0.15, 0.2) is 30.6 Å². The average molecular weight is 456 g/mol. The molecule has 1 aromatic rings. The van der Waals surface area contributed by atoms with Crippen LogP contribution in [0.5, 0.6) is 5.88 Å². The third-order valence-corrected chi connectivity index (χ3v) is 6.57. The Bertz CT molecular complexity index is 921. The van der Waals surface area contributed by atoms with Crippen LogP contribution < -0.4 is 10.1 Å². The number of aryl methyl sites for hydroxylation is 1. The highest BCUT2D eigenvalue weighted by Gasteiger charge is 2.35. The van der Waals surface area contributed by atoms with E-state index in [1.807, 2.05) is 26.8 Å². The van der Waals surface area contributed by atoms with Gasteiger partial charge in [0.25, 0.3) is 0 Å². The van der Waals surface area contributed by atoms with Gasteiger partial charge in [-0.3, -0.25) is 0 Å². The van der Waals surface area contributed by atoms with Crippen LogP contribution >= 0.6 is 0 Å². The molecule has 1 N–H and O–H groups in total. The standard InChI is InChI=1S/C26H37N3O4/c1-17-12-13-27-24-23(17)19-8-10-20(11-9-19)31-16-22-21(28-25(30)33-26(3,4)5)7-6-14-29(22)18(2)15-32-24/h8,12-13,20-22H,2,6-7,9-11,14-16H2,1,3-5H3,(H,28,30)/t20?,21-,22?/m0/s1. The fourth-order valence-corrected chi connectivity index (χ4v) is 4.97. The normalized spacial score (nSPS) is 25.9. The van der Waals surface area contributed by atoms with E-state index in [1.54, 1.807) is 6.20 Å². The van der Waals surface area contributed by atoms with Gasteiger partial charge in [-0.15, -0.1) is 0 Å². The molecule has 4 aliphatic rings. The monoisotopic (exact) mass is 455 g/mol. The molecule has 1 aromatic heterocycles. The lowest BCUT2D eigenvalue weighted by molar-refractivity contribution is -0.0122. The summed E-state index contributed by atoms with van der Waals surface area (Å²) in [5.41, 5.74) is 3.88. The largest absolute Gasteiger partial charge is 0.471 e. The molecule has 1 aliphatic carbocycles. The van der Waals surface area contributed by atoms with Crippen molar-refractivity contribution < 1.29 is 19.0 Å². The van der Waals surface area contributed by atoms with Crippen LogP contribution in [0.1, 0.15) is 64.0 Å². The van der Waals surface area contributed by atoms with Crippen LogP contribution in [-0.2, 0) is 9.47 Å². The van der Waals surface area contributed by atoms with Crippen molar-refractivity contribution >= 4 is 11.7 Å². The molecule has 0 spiro atoms. The van der Waals surface area contributed by atoms with Gasteiger partial charge in [0.2, 0.25) is 5.88 Å². The van der Waals surface area contributed by atoms with E-state index < -0.39 is 11.7 Å². The number of ether oxygens (including phenoxy) is 3. The Balaban J connectivity index is 1.58. The Morgan fingerprint density at radius 3 is 2.88 bits per heavy atom. The minimum atomic E-state index is -0.540. The number of hydrogen-bond acceptors (Lipinski definition) is 6. The Labute approximate surface area is 197 Å². The van der Waals surface area contributed by atoms with E-state index in [0.29, 0.717) is 19.1 Å². The lowest BCUT2D eigenvalue weighted by atomic mass is 9.90. The summed E-state index contributed by atoms with van der Waals surface area (Å²) in [6.45, 7) is 13.8. The van der Waals surface area contributed by atoms with E-state index in [2.05, 4.69) is 34.8 Å². The average Bonchev–Trinajstić information content (AvgIpc) is 2.76. The topological polar surface area (TPSA) is 72.9 Å². The fourth-order valence-electron chi connectivity index (χ4n) is 4.97. The summed E-state index contributed by atoms with van der Waals surface area (Å²) >= 11 is 0. The molecule has 1 amide bonds. The zero-order valence-corrected chi connectivity index (χ0v) is 20.4. The number of nitrogens with one attached hydrogen (secondary N) is 1. The second-order valence-electron chi connectivity index (χ2n) is 10.3. The van der Waals surface area contributed by atoms with Gasteiger partial charge in [-0.25, -0.2) is 9.78 Å². The number of hydrogen-bond donors (Lipinski definition) is 1. The summed E-state index contributed by atoms with van der Waals surface area (Å²) in [5.74, 6) is 0.665. The quantitative estimate of drug-likeness (QED) is 0.667. The van der Waals surface area contributed by atoms with Gasteiger partial charge in [-0.05, 0) is 77.0 Å². The molecule has 3 aliphatic heterocycles. The lowest BCUT2D eigenvalue weighted by Gasteiger charge is -2.44. The first-order valence-corrected chi connectivity index (χ1v) is 12.0. The summed E-state index contributed by atoms with van der Waals surface area (Å²) in [4.78, 5) is 19.3. The zero-order valence-electron chi connectivity index (χ0n) is 20.4. The molecule has 0 radical (unpaired) electrons. The number of allylic oxidation sites excluding steroid dienone is 1. The molecule has 1 fully saturated rings. The first-order chi connectivity index (χ1) is 15.7. The molecule has 0 aromatic carbocycles. The highest BCUT2D eigenvalue weighted by molar-refractivity contribution is 5.72. The molecule has 1 saturated heterocycles. The smallest absolute Gasteiger partial charge is 0.407 e. The molecule has 180 valence electrons. The maximum atomic E-state index is 12.5. The van der Waals surface area contributed by atoms with Crippen LogP contribution in [0.2, 0.25) is 0 Å². The van der Waals surface area contributed by atoms with Gasteiger partial charge in [0, 0.05) is 24.0 Å². The zero-order chi connectivity index (χ0) is 23.6. The van der Waals surface area contributed by atoms with Crippen LogP contribution in [-0.4, -0.2) is 59.5 Å². The first-order valence-electron chi connectivity index (χ1n) is 12.0. The second-order valence-corrected chi connectivity index (χ2v) is 10.3. The summed E-state index contributed by atoms with van der Waals surface area (Å²) in [5, 5.41) is 3.10. The molecule has 7 nitrogen and oxygen atoms in total. The van der Waals surface area contributed by atoms with Crippen molar-refractivity contribution in [2.75, 3.05) is 19.8 Å². The third-order valence-electron chi connectivity index (χ3n) is 6.57. The number of piperidine rings is 1. The maximum Gasteiger partial charge on any atom is 0.407 e. The van der Waals surface area contributed by atoms with Crippen LogP contribution in [0.3, 0.4) is 0 Å². The van der Waals surface area contributed by atoms with Gasteiger partial charge in [0.05, 0.1) is 24.8 Å². The molecule has 2 bridgehead atoms. The number of carbonyl (C=O) groups excluding carboxylic acids is 1. The number of nitrogens with zero attached hydrogens (tertiary/aromatic N) is 2. The Morgan fingerprint density at radius 2 is 2.15 bits per heavy atom. The number of fused-ring (bicyclic) bond motifs is 5. The van der Waals surface area contributed by atoms with Crippen molar-refractivity contribution in [2.45, 2.75) is 83.6 Å². The van der Waals surface area contributed by atoms with Crippen molar-refractivity contribution in [1.82, 2.24) is 15.2 Å². The van der Waals surface area contributed by atoms with Crippen molar-refractivity contribution in [3.8, 4) is 5.88 Å². The van der Waals surface area contributed by atoms with Gasteiger partial charge in [-0.2, -0.15) is 0 Å². The fraction of sp³-hybridized carbons (Fsp3) is 0.615. The highest BCUT2D eigenvalue weighted by atomic mass is 16.6. The van der Waals surface area contributed by atoms with E-state index in [4.69, 9.17) is 14.2 Å². The molecule has 0 saturated carbocycles. The number of carbonyl (C=O) groups is 1. The number of alkyl carbamates (subject to hydrolysis) is 1. The van der Waals surface area contributed by atoms with Gasteiger partial charge >= 0.3 is 6.09 Å². The van der Waals surface area contributed by atoms with Gasteiger partial charge < -0.3 is 24.4 Å². The van der Waals surface area contributed by atoms with E-state index in [1.165, 1.54) is 11.1 Å². The number of aromatic nitrogens is 1. The predicted octanol–water partition coefficient (Wildman–Crippen LogP) is 4.61. The van der Waals surface area contributed by atoms with Crippen LogP contribution in [0.4, 0.5) is 4.79 Å². The number of pyridine rings is 1. The Morgan fingerprint density at radius 1 is 1.33 bits per heavy atom. The number of amides is 1. The third kappa shape index (κ3) is 5.69. The minimum absolute atomic E-state index is 0.0292. The summed E-state index contributed by atoms with van der Waals surface area (Å²) < 4.78 is 18.2. The van der Waals surface area contributed by atoms with Crippen LogP contribution in [0.25, 0.3) is 5.57 Å². The SMILES string of the molecule is C=C1COc2nccc(C)c2C2=CCC(CC2)OCC2[C@@H](NC(=O)OC(C)(C)C)CCCN12. The van der Waals surface area contributed by atoms with Crippen molar-refractivity contribution in [2.24, 2.45) is 0 Å². The molecule has 7 heteroatoms. The second kappa shape index (κ2) is 9.75. The molecule has 3 atom stereocenters. The van der Waals surface area contributed by atoms with E-state index in [0.717, 1.165) is 49.9 Å². The van der Waals surface area contributed by atoms with Crippen molar-refractivity contribution in [3.63, 3.8) is 0 Å². The minimum Gasteiger partial charge on any atom is -0.471 e. The lowest BCUT2D eigenvalue weighted by Crippen LogP contribution is -2.57. The molecular formula is C26H37N3O4. The van der Waals surface area contributed by atoms with Gasteiger partial charge in [0.15, 0.2) is 0 Å². The molecule has 33 heavy (non-hydrogen) atoms. The van der Waals surface area contributed by atoms with E-state index in [-0.39, 0.29) is 18.2 Å². The van der Waals surface area contributed by atoms with E-state index in [9.17, 15) is 4.79 Å². The summed E-state index contributed by atoms with van der Waals surface area (Å²) in [6, 6.07) is 1.92. The molecule has 2 unspecified atom stereocenters. The highest BCUT2D eigenvalue weighted by Crippen LogP contribution is 2.36. The first kappa shape index (κ1) is 23.6. The summed E-state index contributed by atoms with van der Waals surface area (Å²) in [6.07, 6.45) is 8.41. The van der Waals surface area contributed by atoms with Crippen molar-refractivity contribution in [1.29, 1.82) is 0 Å². The Kier molecular flexibility index (Phi) is 6.98. The van der Waals surface area contributed by atoms with E-state index >= 15 is 0 Å². The number of rotatable bonds is 1. The predicted molar refractivity (Wildman–Crippen MR) is 128 cm³/mol. The van der Waals surface area contributed by atoms with Crippen molar-refractivity contribution in [3.05, 3.63) is 41.7 Å². The Hall–Kier alpha value is -2.54. The molecular weight excluding hydrogens is 418 g/mol. The van der Waals surface area contributed by atoms with Gasteiger partial charge in [-0.1, -0.05) is 12.7 Å². The molecule has 4 heterocycles. The molecule has 5 rings (SSSR count). The summed E-state index contributed by atoms with van der Waals surface area (Å²) in [7, 11) is 0. The van der Waals surface area contributed by atoms with Gasteiger partial charge in [0.1, 0.15) is 12.2 Å². The maximum absolute atomic E-state index is 12.5.